The van der Waals surface area contributed by atoms with Gasteiger partial charge in [0.2, 0.25) is 10.0 Å². The van der Waals surface area contributed by atoms with Crippen molar-refractivity contribution in [2.45, 2.75) is 30.7 Å². The highest BCUT2D eigenvalue weighted by Crippen LogP contribution is 2.27. The summed E-state index contributed by atoms with van der Waals surface area (Å²) in [6.45, 7) is 2.86. The van der Waals surface area contributed by atoms with Gasteiger partial charge in [0, 0.05) is 22.9 Å². The Bertz CT molecular complexity index is 1130. The van der Waals surface area contributed by atoms with Crippen LogP contribution in [-0.2, 0) is 10.0 Å². The fourth-order valence-corrected chi connectivity index (χ4v) is 5.45. The first-order chi connectivity index (χ1) is 13.9. The molecule has 2 aromatic carbocycles. The molecule has 4 rings (SSSR count). The molecule has 1 aromatic heterocycles. The van der Waals surface area contributed by atoms with Crippen molar-refractivity contribution in [3.05, 3.63) is 64.3 Å². The zero-order chi connectivity index (χ0) is 20.6. The summed E-state index contributed by atoms with van der Waals surface area (Å²) in [5.74, 6) is 0.264. The van der Waals surface area contributed by atoms with Crippen molar-refractivity contribution >= 4 is 42.8 Å². The molecule has 1 unspecified atom stereocenters. The lowest BCUT2D eigenvalue weighted by atomic mass is 10.1. The second-order valence-corrected chi connectivity index (χ2v) is 9.93. The summed E-state index contributed by atoms with van der Waals surface area (Å²) in [7, 11) is -3.60. The highest BCUT2D eigenvalue weighted by atomic mass is 79.9. The topological polar surface area (TPSA) is 79.6 Å². The quantitative estimate of drug-likeness (QED) is 0.588. The Kier molecular flexibility index (Phi) is 5.50. The van der Waals surface area contributed by atoms with Crippen molar-refractivity contribution in [2.24, 2.45) is 0 Å². The number of halogens is 1. The lowest BCUT2D eigenvalue weighted by Crippen LogP contribution is -2.29. The van der Waals surface area contributed by atoms with Crippen molar-refractivity contribution < 1.29 is 17.6 Å². The maximum atomic E-state index is 12.9. The SMILES string of the molecule is CC(NC(=O)c1cc(S(=O)(=O)N2CCCC2)ccc1Br)c1cc2ccccc2o1. The van der Waals surface area contributed by atoms with Crippen molar-refractivity contribution in [3.8, 4) is 0 Å². The Morgan fingerprint density at radius 1 is 1.14 bits per heavy atom. The van der Waals surface area contributed by atoms with E-state index in [0.29, 0.717) is 23.3 Å². The highest BCUT2D eigenvalue weighted by molar-refractivity contribution is 9.10. The van der Waals surface area contributed by atoms with Crippen LogP contribution in [0.5, 0.6) is 0 Å². The Morgan fingerprint density at radius 2 is 1.86 bits per heavy atom. The summed E-state index contributed by atoms with van der Waals surface area (Å²) >= 11 is 3.36. The number of hydrogen-bond donors (Lipinski definition) is 1. The summed E-state index contributed by atoms with van der Waals surface area (Å²) in [6, 6.07) is 13.7. The van der Waals surface area contributed by atoms with E-state index < -0.39 is 10.0 Å². The molecule has 0 aliphatic carbocycles. The number of hydrogen-bond acceptors (Lipinski definition) is 4. The zero-order valence-corrected chi connectivity index (χ0v) is 18.3. The van der Waals surface area contributed by atoms with Crippen LogP contribution in [0.4, 0.5) is 0 Å². The van der Waals surface area contributed by atoms with E-state index in [4.69, 9.17) is 4.42 Å². The number of nitrogens with one attached hydrogen (secondary N) is 1. The van der Waals surface area contributed by atoms with E-state index in [0.717, 1.165) is 23.8 Å². The van der Waals surface area contributed by atoms with Crippen molar-refractivity contribution in [1.82, 2.24) is 9.62 Å². The van der Waals surface area contributed by atoms with Crippen LogP contribution in [0.25, 0.3) is 11.0 Å². The third-order valence-corrected chi connectivity index (χ3v) is 7.69. The van der Waals surface area contributed by atoms with Crippen LogP contribution >= 0.6 is 15.9 Å². The van der Waals surface area contributed by atoms with Gasteiger partial charge >= 0.3 is 0 Å². The van der Waals surface area contributed by atoms with Gasteiger partial charge in [0.05, 0.1) is 16.5 Å². The summed E-state index contributed by atoms with van der Waals surface area (Å²) in [5, 5.41) is 3.85. The Morgan fingerprint density at radius 3 is 2.59 bits per heavy atom. The average Bonchev–Trinajstić information content (AvgIpc) is 3.38. The lowest BCUT2D eigenvalue weighted by molar-refractivity contribution is 0.0934. The van der Waals surface area contributed by atoms with E-state index >= 15 is 0 Å². The minimum Gasteiger partial charge on any atom is -0.459 e. The van der Waals surface area contributed by atoms with Crippen LogP contribution in [0.3, 0.4) is 0 Å². The third-order valence-electron chi connectivity index (χ3n) is 5.10. The molecule has 29 heavy (non-hydrogen) atoms. The summed E-state index contributed by atoms with van der Waals surface area (Å²) in [5.41, 5.74) is 1.02. The number of para-hydroxylation sites is 1. The van der Waals surface area contributed by atoms with E-state index in [1.54, 1.807) is 6.07 Å². The molecule has 0 saturated carbocycles. The highest BCUT2D eigenvalue weighted by Gasteiger charge is 2.28. The van der Waals surface area contributed by atoms with Gasteiger partial charge < -0.3 is 9.73 Å². The van der Waals surface area contributed by atoms with Crippen LogP contribution in [0.2, 0.25) is 0 Å². The first-order valence-corrected chi connectivity index (χ1v) is 11.7. The number of carbonyl (C=O) groups excluding carboxylic acids is 1. The van der Waals surface area contributed by atoms with Gasteiger partial charge in [-0.05, 0) is 66.0 Å². The van der Waals surface area contributed by atoms with Gasteiger partial charge in [-0.25, -0.2) is 8.42 Å². The average molecular weight is 477 g/mol. The Labute approximate surface area is 178 Å². The van der Waals surface area contributed by atoms with Crippen molar-refractivity contribution in [3.63, 3.8) is 0 Å². The zero-order valence-electron chi connectivity index (χ0n) is 15.9. The smallest absolute Gasteiger partial charge is 0.253 e. The molecule has 8 heteroatoms. The first-order valence-electron chi connectivity index (χ1n) is 9.45. The van der Waals surface area contributed by atoms with Crippen LogP contribution in [-0.4, -0.2) is 31.7 Å². The van der Waals surface area contributed by atoms with E-state index in [2.05, 4.69) is 21.2 Å². The van der Waals surface area contributed by atoms with Crippen LogP contribution < -0.4 is 5.32 Å². The van der Waals surface area contributed by atoms with E-state index in [1.807, 2.05) is 37.3 Å². The molecule has 0 bridgehead atoms. The van der Waals surface area contributed by atoms with Gasteiger partial charge in [-0.3, -0.25) is 4.79 Å². The predicted molar refractivity (Wildman–Crippen MR) is 114 cm³/mol. The Balaban J connectivity index is 1.58. The fraction of sp³-hybridized carbons (Fsp3) is 0.286. The van der Waals surface area contributed by atoms with Crippen molar-refractivity contribution in [1.29, 1.82) is 0 Å². The maximum absolute atomic E-state index is 12.9. The van der Waals surface area contributed by atoms with Crippen molar-refractivity contribution in [2.75, 3.05) is 13.1 Å². The second kappa shape index (κ2) is 7.93. The first kappa shape index (κ1) is 20.1. The van der Waals surface area contributed by atoms with Crippen LogP contribution in [0.1, 0.15) is 41.9 Å². The summed E-state index contributed by atoms with van der Waals surface area (Å²) in [4.78, 5) is 13.0. The minimum absolute atomic E-state index is 0.129. The number of nitrogens with zero attached hydrogens (tertiary/aromatic N) is 1. The molecular formula is C21H21BrN2O4S. The standard InChI is InChI=1S/C21H21BrN2O4S/c1-14(20-12-15-6-2-3-7-19(15)28-20)23-21(25)17-13-16(8-9-18(17)22)29(26,27)24-10-4-5-11-24/h2-3,6-9,12-14H,4-5,10-11H2,1H3,(H,23,25). The monoisotopic (exact) mass is 476 g/mol. The number of fused-ring (bicyclic) bond motifs is 1. The van der Waals surface area contributed by atoms with Gasteiger partial charge in [0.15, 0.2) is 0 Å². The molecular weight excluding hydrogens is 456 g/mol. The summed E-state index contributed by atoms with van der Waals surface area (Å²) in [6.07, 6.45) is 1.72. The number of carbonyl (C=O) groups is 1. The lowest BCUT2D eigenvalue weighted by Gasteiger charge is -2.17. The van der Waals surface area contributed by atoms with E-state index in [9.17, 15) is 13.2 Å². The molecule has 1 aliphatic heterocycles. The number of benzene rings is 2. The number of rotatable bonds is 5. The summed E-state index contributed by atoms with van der Waals surface area (Å²) < 4.78 is 33.5. The van der Waals surface area contributed by atoms with Crippen LogP contribution in [0.15, 0.2) is 62.3 Å². The minimum atomic E-state index is -3.60. The Hall–Kier alpha value is -2.16. The van der Waals surface area contributed by atoms with E-state index in [-0.39, 0.29) is 22.4 Å². The molecule has 6 nitrogen and oxygen atoms in total. The molecule has 3 aromatic rings. The molecule has 1 aliphatic rings. The van der Waals surface area contributed by atoms with Gasteiger partial charge in [-0.15, -0.1) is 0 Å². The molecule has 2 heterocycles. The number of amides is 1. The molecule has 1 saturated heterocycles. The molecule has 0 radical (unpaired) electrons. The second-order valence-electron chi connectivity index (χ2n) is 7.13. The third kappa shape index (κ3) is 3.97. The maximum Gasteiger partial charge on any atom is 0.253 e. The van der Waals surface area contributed by atoms with Gasteiger partial charge in [0.25, 0.3) is 5.91 Å². The molecule has 1 N–H and O–H groups in total. The number of furan rings is 1. The molecule has 152 valence electrons. The molecule has 0 spiro atoms. The fourth-order valence-electron chi connectivity index (χ4n) is 3.48. The molecule has 1 fully saturated rings. The number of sulfonamides is 1. The van der Waals surface area contributed by atoms with E-state index in [1.165, 1.54) is 16.4 Å². The molecule has 1 amide bonds. The molecule has 1 atom stereocenters. The normalized spacial score (nSPS) is 16.2. The van der Waals surface area contributed by atoms with Gasteiger partial charge in [-0.1, -0.05) is 18.2 Å². The van der Waals surface area contributed by atoms with Gasteiger partial charge in [-0.2, -0.15) is 4.31 Å². The van der Waals surface area contributed by atoms with Gasteiger partial charge in [0.1, 0.15) is 11.3 Å². The predicted octanol–water partition coefficient (Wildman–Crippen LogP) is 4.47. The largest absolute Gasteiger partial charge is 0.459 e. The van der Waals surface area contributed by atoms with Crippen LogP contribution in [0, 0.1) is 0 Å².